The summed E-state index contributed by atoms with van der Waals surface area (Å²) >= 11 is 4.90. The van der Waals surface area contributed by atoms with Crippen LogP contribution in [-0.2, 0) is 4.79 Å². The molecule has 0 fully saturated rings. The van der Waals surface area contributed by atoms with E-state index in [0.717, 1.165) is 11.3 Å². The quantitative estimate of drug-likeness (QED) is 0.821. The second-order valence-electron chi connectivity index (χ2n) is 6.45. The van der Waals surface area contributed by atoms with E-state index in [9.17, 15) is 4.79 Å². The highest BCUT2D eigenvalue weighted by Crippen LogP contribution is 2.22. The molecule has 0 aliphatic rings. The second kappa shape index (κ2) is 7.00. The van der Waals surface area contributed by atoms with Crippen LogP contribution in [0.4, 0.5) is 5.69 Å². The molecule has 5 heteroatoms. The van der Waals surface area contributed by atoms with Crippen molar-refractivity contribution >= 4 is 28.8 Å². The molecule has 0 bridgehead atoms. The highest BCUT2D eigenvalue weighted by Gasteiger charge is 2.24. The van der Waals surface area contributed by atoms with Gasteiger partial charge in [0.25, 0.3) is 0 Å². The van der Waals surface area contributed by atoms with Crippen LogP contribution in [0.3, 0.4) is 0 Å². The fourth-order valence-electron chi connectivity index (χ4n) is 1.94. The minimum atomic E-state index is -0.0309. The first-order valence-electron chi connectivity index (χ1n) is 7.01. The molecule has 1 atom stereocenters. The van der Waals surface area contributed by atoms with E-state index in [2.05, 4.69) is 37.9 Å². The van der Waals surface area contributed by atoms with Crippen molar-refractivity contribution < 1.29 is 4.79 Å². The molecule has 0 radical (unpaired) electrons. The van der Waals surface area contributed by atoms with Gasteiger partial charge in [-0.1, -0.05) is 33.0 Å². The summed E-state index contributed by atoms with van der Waals surface area (Å²) in [7, 11) is 1.96. The summed E-state index contributed by atoms with van der Waals surface area (Å²) in [5.74, 6) is -0.0309. The Morgan fingerprint density at radius 3 is 2.29 bits per heavy atom. The Bertz CT molecular complexity index is 505. The maximum atomic E-state index is 12.1. The summed E-state index contributed by atoms with van der Waals surface area (Å²) in [6.07, 6.45) is 0. The first kappa shape index (κ1) is 17.6. The zero-order valence-corrected chi connectivity index (χ0v) is 14.3. The number of rotatable bonds is 5. The molecule has 116 valence electrons. The van der Waals surface area contributed by atoms with Gasteiger partial charge in [0.15, 0.2) is 0 Å². The third-order valence-corrected chi connectivity index (χ3v) is 4.00. The van der Waals surface area contributed by atoms with E-state index in [4.69, 9.17) is 18.0 Å². The lowest BCUT2D eigenvalue weighted by molar-refractivity contribution is -0.117. The Morgan fingerprint density at radius 2 is 1.86 bits per heavy atom. The van der Waals surface area contributed by atoms with Crippen molar-refractivity contribution in [2.45, 2.75) is 33.7 Å². The fraction of sp³-hybridized carbons (Fsp3) is 0.500. The Balaban J connectivity index is 2.59. The average Bonchev–Trinajstić information content (AvgIpc) is 2.37. The highest BCUT2D eigenvalue weighted by atomic mass is 32.1. The molecular formula is C16H25N3OS. The molecule has 0 aromatic heterocycles. The van der Waals surface area contributed by atoms with Gasteiger partial charge in [-0.15, -0.1) is 0 Å². The van der Waals surface area contributed by atoms with Gasteiger partial charge in [0, 0.05) is 17.3 Å². The number of hydrogen-bond donors (Lipinski definition) is 2. The van der Waals surface area contributed by atoms with Crippen molar-refractivity contribution in [2.24, 2.45) is 11.1 Å². The summed E-state index contributed by atoms with van der Waals surface area (Å²) < 4.78 is 0. The minimum Gasteiger partial charge on any atom is -0.389 e. The number of anilines is 1. The van der Waals surface area contributed by atoms with Gasteiger partial charge >= 0.3 is 0 Å². The number of likely N-dealkylation sites (N-methyl/N-ethyl adjacent to an activating group) is 1. The maximum absolute atomic E-state index is 12.1. The van der Waals surface area contributed by atoms with Crippen LogP contribution in [0, 0.1) is 5.41 Å². The molecule has 0 saturated heterocycles. The third kappa shape index (κ3) is 5.44. The van der Waals surface area contributed by atoms with Crippen molar-refractivity contribution in [1.29, 1.82) is 0 Å². The summed E-state index contributed by atoms with van der Waals surface area (Å²) in [6.45, 7) is 8.99. The lowest BCUT2D eigenvalue weighted by Gasteiger charge is -2.34. The van der Waals surface area contributed by atoms with E-state index in [-0.39, 0.29) is 11.3 Å². The van der Waals surface area contributed by atoms with Crippen LogP contribution in [0.2, 0.25) is 0 Å². The molecule has 1 unspecified atom stereocenters. The molecule has 0 aliphatic heterocycles. The molecule has 21 heavy (non-hydrogen) atoms. The summed E-state index contributed by atoms with van der Waals surface area (Å²) in [4.78, 5) is 14.5. The smallest absolute Gasteiger partial charge is 0.238 e. The fourth-order valence-corrected chi connectivity index (χ4v) is 2.08. The molecule has 0 spiro atoms. The van der Waals surface area contributed by atoms with Gasteiger partial charge in [0.05, 0.1) is 6.54 Å². The van der Waals surface area contributed by atoms with Crippen molar-refractivity contribution in [3.05, 3.63) is 29.8 Å². The standard InChI is InChI=1S/C16H25N3OS/c1-11(16(2,3)4)19(5)10-14(20)18-13-8-6-12(7-9-13)15(17)21/h6-9,11H,10H2,1-5H3,(H2,17,21)(H,18,20). The number of thiocarbonyl (C=S) groups is 1. The maximum Gasteiger partial charge on any atom is 0.238 e. The van der Waals surface area contributed by atoms with Crippen LogP contribution in [0.15, 0.2) is 24.3 Å². The number of hydrogen-bond acceptors (Lipinski definition) is 3. The van der Waals surface area contributed by atoms with Crippen molar-refractivity contribution in [1.82, 2.24) is 4.90 Å². The van der Waals surface area contributed by atoms with Gasteiger partial charge in [-0.2, -0.15) is 0 Å². The topological polar surface area (TPSA) is 58.4 Å². The monoisotopic (exact) mass is 307 g/mol. The summed E-state index contributed by atoms with van der Waals surface area (Å²) in [5.41, 5.74) is 7.21. The van der Waals surface area contributed by atoms with Gasteiger partial charge < -0.3 is 11.1 Å². The zero-order valence-electron chi connectivity index (χ0n) is 13.4. The van der Waals surface area contributed by atoms with E-state index >= 15 is 0 Å². The number of carbonyl (C=O) groups excluding carboxylic acids is 1. The number of amides is 1. The molecule has 3 N–H and O–H groups in total. The second-order valence-corrected chi connectivity index (χ2v) is 6.89. The van der Waals surface area contributed by atoms with E-state index in [1.807, 2.05) is 7.05 Å². The van der Waals surface area contributed by atoms with E-state index in [1.54, 1.807) is 24.3 Å². The predicted octanol–water partition coefficient (Wildman–Crippen LogP) is 2.63. The van der Waals surface area contributed by atoms with Gasteiger partial charge in [0.1, 0.15) is 4.99 Å². The number of nitrogens with two attached hydrogens (primary N) is 1. The van der Waals surface area contributed by atoms with Crippen LogP contribution in [-0.4, -0.2) is 35.4 Å². The Morgan fingerprint density at radius 1 is 1.33 bits per heavy atom. The number of nitrogens with zero attached hydrogens (tertiary/aromatic N) is 1. The third-order valence-electron chi connectivity index (χ3n) is 3.76. The lowest BCUT2D eigenvalue weighted by Crippen LogP contribution is -2.43. The van der Waals surface area contributed by atoms with Crippen molar-refractivity contribution in [3.8, 4) is 0 Å². The number of benzene rings is 1. The molecule has 1 amide bonds. The SMILES string of the molecule is CC(N(C)CC(=O)Nc1ccc(C(N)=S)cc1)C(C)(C)C. The van der Waals surface area contributed by atoms with Crippen LogP contribution in [0.25, 0.3) is 0 Å². The minimum absolute atomic E-state index is 0.0309. The molecule has 0 heterocycles. The molecule has 1 aromatic carbocycles. The van der Waals surface area contributed by atoms with Crippen LogP contribution >= 0.6 is 12.2 Å². The van der Waals surface area contributed by atoms with E-state index in [1.165, 1.54) is 0 Å². The molecule has 1 rings (SSSR count). The predicted molar refractivity (Wildman–Crippen MR) is 92.5 cm³/mol. The zero-order chi connectivity index (χ0) is 16.2. The van der Waals surface area contributed by atoms with Gasteiger partial charge in [-0.25, -0.2) is 0 Å². The van der Waals surface area contributed by atoms with Crippen LogP contribution in [0.1, 0.15) is 33.3 Å². The summed E-state index contributed by atoms with van der Waals surface area (Å²) in [6, 6.07) is 7.53. The normalized spacial score (nSPS) is 13.0. The average molecular weight is 307 g/mol. The first-order chi connectivity index (χ1) is 9.61. The number of nitrogens with one attached hydrogen (secondary N) is 1. The summed E-state index contributed by atoms with van der Waals surface area (Å²) in [5, 5.41) is 2.88. The molecule has 0 saturated carbocycles. The largest absolute Gasteiger partial charge is 0.389 e. The molecular weight excluding hydrogens is 282 g/mol. The Hall–Kier alpha value is -1.46. The molecule has 0 aliphatic carbocycles. The van der Waals surface area contributed by atoms with Crippen molar-refractivity contribution in [2.75, 3.05) is 18.9 Å². The Kier molecular flexibility index (Phi) is 5.87. The molecule has 4 nitrogen and oxygen atoms in total. The first-order valence-corrected chi connectivity index (χ1v) is 7.42. The highest BCUT2D eigenvalue weighted by molar-refractivity contribution is 7.80. The van der Waals surface area contributed by atoms with Crippen LogP contribution < -0.4 is 11.1 Å². The Labute approximate surface area is 132 Å². The number of carbonyl (C=O) groups is 1. The molecule has 1 aromatic rings. The van der Waals surface area contributed by atoms with Gasteiger partial charge in [-0.05, 0) is 43.7 Å². The van der Waals surface area contributed by atoms with Crippen LogP contribution in [0.5, 0.6) is 0 Å². The van der Waals surface area contributed by atoms with E-state index in [0.29, 0.717) is 17.6 Å². The lowest BCUT2D eigenvalue weighted by atomic mass is 9.87. The van der Waals surface area contributed by atoms with Gasteiger partial charge in [0.2, 0.25) is 5.91 Å². The van der Waals surface area contributed by atoms with Gasteiger partial charge in [-0.3, -0.25) is 9.69 Å². The van der Waals surface area contributed by atoms with E-state index < -0.39 is 0 Å². The van der Waals surface area contributed by atoms with Crippen molar-refractivity contribution in [3.63, 3.8) is 0 Å².